The third kappa shape index (κ3) is 2.91. The molecule has 2 atom stereocenters. The lowest BCUT2D eigenvalue weighted by Gasteiger charge is -2.36. The van der Waals surface area contributed by atoms with Crippen molar-refractivity contribution in [2.75, 3.05) is 19.7 Å². The molecule has 0 aromatic carbocycles. The van der Waals surface area contributed by atoms with E-state index in [0.29, 0.717) is 24.3 Å². The molecule has 1 amide bonds. The number of ketones is 1. The van der Waals surface area contributed by atoms with Crippen LogP contribution in [0.15, 0.2) is 12.3 Å². The second kappa shape index (κ2) is 5.76. The summed E-state index contributed by atoms with van der Waals surface area (Å²) in [6.45, 7) is 4.08. The number of rotatable bonds is 3. The Hall–Kier alpha value is -1.66. The number of hydrogen-bond donors (Lipinski definition) is 1. The summed E-state index contributed by atoms with van der Waals surface area (Å²) >= 11 is 0. The topological polar surface area (TPSA) is 71.8 Å². The molecule has 1 aliphatic rings. The van der Waals surface area contributed by atoms with Crippen LogP contribution in [-0.4, -0.2) is 58.2 Å². The van der Waals surface area contributed by atoms with Gasteiger partial charge in [-0.05, 0) is 19.9 Å². The molecule has 2 heterocycles. The van der Waals surface area contributed by atoms with Gasteiger partial charge >= 0.3 is 0 Å². The number of amides is 1. The van der Waals surface area contributed by atoms with Crippen LogP contribution in [0.4, 0.5) is 0 Å². The fraction of sp³-hybridized carbons (Fsp3) is 0.571. The van der Waals surface area contributed by atoms with Crippen LogP contribution >= 0.6 is 0 Å². The van der Waals surface area contributed by atoms with E-state index in [2.05, 4.69) is 0 Å². The third-order valence-electron chi connectivity index (χ3n) is 3.45. The number of hydrogen-bond acceptors (Lipinski definition) is 4. The van der Waals surface area contributed by atoms with Crippen LogP contribution in [0, 0.1) is 0 Å². The Morgan fingerprint density at radius 3 is 2.70 bits per heavy atom. The molecule has 1 aliphatic heterocycles. The zero-order chi connectivity index (χ0) is 14.9. The lowest BCUT2D eigenvalue weighted by molar-refractivity contribution is -0.0860. The number of aryl methyl sites for hydroxylation is 1. The van der Waals surface area contributed by atoms with Gasteiger partial charge in [0.05, 0.1) is 18.8 Å². The Morgan fingerprint density at radius 2 is 2.15 bits per heavy atom. The zero-order valence-corrected chi connectivity index (χ0v) is 12.0. The van der Waals surface area contributed by atoms with Crippen LogP contribution in [0.2, 0.25) is 0 Å². The first-order chi connectivity index (χ1) is 9.42. The Labute approximate surface area is 117 Å². The van der Waals surface area contributed by atoms with Crippen molar-refractivity contribution in [1.29, 1.82) is 0 Å². The molecule has 1 N–H and O–H groups in total. The van der Waals surface area contributed by atoms with Crippen LogP contribution in [0.1, 0.15) is 34.7 Å². The first kappa shape index (κ1) is 14.7. The van der Waals surface area contributed by atoms with Gasteiger partial charge in [0.15, 0.2) is 5.78 Å². The van der Waals surface area contributed by atoms with Gasteiger partial charge in [-0.3, -0.25) is 9.59 Å². The molecule has 1 fully saturated rings. The number of Topliss-reactive ketones (excluding diaryl/α,β-unsaturated/α-hetero) is 1. The van der Waals surface area contributed by atoms with E-state index in [1.165, 1.54) is 6.92 Å². The molecule has 0 radical (unpaired) electrons. The average Bonchev–Trinajstić information content (AvgIpc) is 2.79. The van der Waals surface area contributed by atoms with Gasteiger partial charge in [-0.2, -0.15) is 0 Å². The van der Waals surface area contributed by atoms with Gasteiger partial charge in [0.25, 0.3) is 5.91 Å². The molecule has 6 heteroatoms. The van der Waals surface area contributed by atoms with Crippen LogP contribution in [-0.2, 0) is 11.8 Å². The number of carbonyl (C=O) groups is 2. The van der Waals surface area contributed by atoms with E-state index < -0.39 is 0 Å². The lowest BCUT2D eigenvalue weighted by Crippen LogP contribution is -2.50. The van der Waals surface area contributed by atoms with Gasteiger partial charge in [-0.1, -0.05) is 0 Å². The monoisotopic (exact) mass is 280 g/mol. The lowest BCUT2D eigenvalue weighted by atomic mass is 10.2. The van der Waals surface area contributed by atoms with Crippen molar-refractivity contribution < 1.29 is 19.4 Å². The van der Waals surface area contributed by atoms with E-state index >= 15 is 0 Å². The Kier molecular flexibility index (Phi) is 4.25. The SMILES string of the molecule is CC(=O)c1cc(C(=O)N2CC(C)OC(CO)C2)n(C)c1. The molecule has 2 unspecified atom stereocenters. The van der Waals surface area contributed by atoms with Gasteiger partial charge in [0, 0.05) is 31.9 Å². The first-order valence-electron chi connectivity index (χ1n) is 6.65. The number of aliphatic hydroxyl groups excluding tert-OH is 1. The fourth-order valence-electron chi connectivity index (χ4n) is 2.44. The minimum absolute atomic E-state index is 0.0665. The van der Waals surface area contributed by atoms with Crippen molar-refractivity contribution in [3.63, 3.8) is 0 Å². The maximum atomic E-state index is 12.5. The minimum atomic E-state index is -0.352. The van der Waals surface area contributed by atoms with E-state index in [1.54, 1.807) is 28.8 Å². The van der Waals surface area contributed by atoms with Crippen molar-refractivity contribution in [2.24, 2.45) is 7.05 Å². The maximum Gasteiger partial charge on any atom is 0.270 e. The molecule has 2 rings (SSSR count). The number of ether oxygens (including phenoxy) is 1. The normalized spacial score (nSPS) is 22.9. The summed E-state index contributed by atoms with van der Waals surface area (Å²) in [5, 5.41) is 9.20. The summed E-state index contributed by atoms with van der Waals surface area (Å²) in [7, 11) is 1.74. The number of morpholine rings is 1. The highest BCUT2D eigenvalue weighted by Crippen LogP contribution is 2.16. The quantitative estimate of drug-likeness (QED) is 0.816. The van der Waals surface area contributed by atoms with Crippen LogP contribution in [0.3, 0.4) is 0 Å². The highest BCUT2D eigenvalue weighted by Gasteiger charge is 2.29. The second-order valence-corrected chi connectivity index (χ2v) is 5.24. The molecule has 6 nitrogen and oxygen atoms in total. The molecule has 110 valence electrons. The largest absolute Gasteiger partial charge is 0.394 e. The van der Waals surface area contributed by atoms with Gasteiger partial charge in [-0.15, -0.1) is 0 Å². The maximum absolute atomic E-state index is 12.5. The molecule has 0 spiro atoms. The number of nitrogens with zero attached hydrogens (tertiary/aromatic N) is 2. The van der Waals surface area contributed by atoms with Crippen LogP contribution in [0.5, 0.6) is 0 Å². The van der Waals surface area contributed by atoms with E-state index in [4.69, 9.17) is 4.74 Å². The summed E-state index contributed by atoms with van der Waals surface area (Å²) in [6.07, 6.45) is 1.19. The zero-order valence-electron chi connectivity index (χ0n) is 12.0. The molecule has 20 heavy (non-hydrogen) atoms. The second-order valence-electron chi connectivity index (χ2n) is 5.24. The van der Waals surface area contributed by atoms with Crippen molar-refractivity contribution in [3.05, 3.63) is 23.5 Å². The van der Waals surface area contributed by atoms with E-state index in [0.717, 1.165) is 0 Å². The molecular weight excluding hydrogens is 260 g/mol. The molecule has 1 aromatic heterocycles. The Morgan fingerprint density at radius 1 is 1.45 bits per heavy atom. The molecule has 1 aromatic rings. The van der Waals surface area contributed by atoms with E-state index in [1.807, 2.05) is 6.92 Å². The highest BCUT2D eigenvalue weighted by molar-refractivity contribution is 5.99. The minimum Gasteiger partial charge on any atom is -0.394 e. The van der Waals surface area contributed by atoms with Crippen molar-refractivity contribution >= 4 is 11.7 Å². The van der Waals surface area contributed by atoms with Crippen LogP contribution < -0.4 is 0 Å². The molecule has 0 aliphatic carbocycles. The van der Waals surface area contributed by atoms with Crippen molar-refractivity contribution in [1.82, 2.24) is 9.47 Å². The number of carbonyl (C=O) groups excluding carboxylic acids is 2. The predicted octanol–water partition coefficient (Wildman–Crippen LogP) is 0.449. The summed E-state index contributed by atoms with van der Waals surface area (Å²) in [5.41, 5.74) is 0.997. The summed E-state index contributed by atoms with van der Waals surface area (Å²) in [5.74, 6) is -0.211. The smallest absolute Gasteiger partial charge is 0.270 e. The average molecular weight is 280 g/mol. The number of aliphatic hydroxyl groups is 1. The summed E-state index contributed by atoms with van der Waals surface area (Å²) in [4.78, 5) is 25.6. The van der Waals surface area contributed by atoms with Crippen molar-refractivity contribution in [3.8, 4) is 0 Å². The van der Waals surface area contributed by atoms with Gasteiger partial charge in [0.2, 0.25) is 0 Å². The summed E-state index contributed by atoms with van der Waals surface area (Å²) < 4.78 is 7.18. The first-order valence-corrected chi connectivity index (χ1v) is 6.65. The number of aromatic nitrogens is 1. The van der Waals surface area contributed by atoms with Crippen LogP contribution in [0.25, 0.3) is 0 Å². The molecular formula is C14H20N2O4. The highest BCUT2D eigenvalue weighted by atomic mass is 16.5. The predicted molar refractivity (Wildman–Crippen MR) is 72.7 cm³/mol. The Bertz CT molecular complexity index is 523. The van der Waals surface area contributed by atoms with Crippen molar-refractivity contribution in [2.45, 2.75) is 26.1 Å². The van der Waals surface area contributed by atoms with Gasteiger partial charge < -0.3 is 19.3 Å². The molecule has 0 saturated carbocycles. The summed E-state index contributed by atoms with van der Waals surface area (Å²) in [6, 6.07) is 1.61. The molecule has 0 bridgehead atoms. The van der Waals surface area contributed by atoms with Gasteiger partial charge in [-0.25, -0.2) is 0 Å². The third-order valence-corrected chi connectivity index (χ3v) is 3.45. The Balaban J connectivity index is 2.20. The van der Waals surface area contributed by atoms with E-state index in [9.17, 15) is 14.7 Å². The van der Waals surface area contributed by atoms with Gasteiger partial charge in [0.1, 0.15) is 5.69 Å². The molecule has 1 saturated heterocycles. The standard InChI is InChI=1S/C14H20N2O4/c1-9-5-16(7-12(8-17)20-9)14(19)13-4-11(10(2)18)6-15(13)3/h4,6,9,12,17H,5,7-8H2,1-3H3. The fourth-order valence-corrected chi connectivity index (χ4v) is 2.44. The van der Waals surface area contributed by atoms with E-state index in [-0.39, 0.29) is 30.5 Å².